The maximum atomic E-state index is 12.8. The molecule has 6 nitrogen and oxygen atoms in total. The van der Waals surface area contributed by atoms with Gasteiger partial charge in [-0.15, -0.1) is 11.3 Å². The Bertz CT molecular complexity index is 936. The molecule has 1 aromatic heterocycles. The van der Waals surface area contributed by atoms with E-state index >= 15 is 0 Å². The zero-order valence-electron chi connectivity index (χ0n) is 16.0. The summed E-state index contributed by atoms with van der Waals surface area (Å²) in [6, 6.07) is 10.0. The van der Waals surface area contributed by atoms with Gasteiger partial charge < -0.3 is 20.3 Å². The second-order valence-electron chi connectivity index (χ2n) is 6.93. The van der Waals surface area contributed by atoms with E-state index in [1.807, 2.05) is 37.3 Å². The van der Waals surface area contributed by atoms with Crippen molar-refractivity contribution in [3.8, 4) is 0 Å². The Kier molecular flexibility index (Phi) is 5.09. The molecule has 2 N–H and O–H groups in total. The van der Waals surface area contributed by atoms with Crippen LogP contribution in [0.5, 0.6) is 0 Å². The second kappa shape index (κ2) is 7.67. The van der Waals surface area contributed by atoms with Crippen molar-refractivity contribution in [2.24, 2.45) is 0 Å². The molecule has 0 fully saturated rings. The van der Waals surface area contributed by atoms with E-state index in [9.17, 15) is 9.59 Å². The first-order valence-corrected chi connectivity index (χ1v) is 10.3. The van der Waals surface area contributed by atoms with Crippen molar-refractivity contribution in [2.45, 2.75) is 33.0 Å². The van der Waals surface area contributed by atoms with E-state index in [2.05, 4.69) is 16.7 Å². The summed E-state index contributed by atoms with van der Waals surface area (Å²) < 4.78 is 5.11. The highest BCUT2D eigenvalue weighted by Gasteiger charge is 2.34. The number of hydrogen-bond donors (Lipinski definition) is 2. The molecule has 2 amide bonds. The molecular formula is C21H23N3O3S. The number of nitrogens with one attached hydrogen (secondary N) is 2. The van der Waals surface area contributed by atoms with E-state index < -0.39 is 0 Å². The molecule has 0 spiro atoms. The first-order chi connectivity index (χ1) is 13.6. The summed E-state index contributed by atoms with van der Waals surface area (Å²) in [5.41, 5.74) is 3.91. The Morgan fingerprint density at radius 2 is 2.11 bits per heavy atom. The van der Waals surface area contributed by atoms with Gasteiger partial charge in [-0.2, -0.15) is 0 Å². The van der Waals surface area contributed by atoms with E-state index in [0.29, 0.717) is 26.1 Å². The van der Waals surface area contributed by atoms with Gasteiger partial charge in [-0.3, -0.25) is 4.79 Å². The number of carbonyl (C=O) groups excluding carboxylic acids is 2. The summed E-state index contributed by atoms with van der Waals surface area (Å²) >= 11 is 1.56. The molecule has 7 heteroatoms. The van der Waals surface area contributed by atoms with E-state index in [4.69, 9.17) is 4.74 Å². The van der Waals surface area contributed by atoms with Gasteiger partial charge in [0.1, 0.15) is 11.2 Å². The average molecular weight is 398 g/mol. The minimum absolute atomic E-state index is 0.0540. The number of carbonyl (C=O) groups is 2. The number of thiophene rings is 1. The Morgan fingerprint density at radius 1 is 1.32 bits per heavy atom. The van der Waals surface area contributed by atoms with E-state index in [-0.39, 0.29) is 18.2 Å². The Balaban J connectivity index is 1.56. The number of hydrogen-bond acceptors (Lipinski definition) is 5. The fourth-order valence-electron chi connectivity index (χ4n) is 3.61. The van der Waals surface area contributed by atoms with Crippen LogP contribution in [-0.4, -0.2) is 36.2 Å². The molecule has 0 bridgehead atoms. The monoisotopic (exact) mass is 397 g/mol. The summed E-state index contributed by atoms with van der Waals surface area (Å²) in [6.07, 6.45) is 2.19. The molecule has 3 heterocycles. The molecule has 146 valence electrons. The molecule has 0 saturated heterocycles. The van der Waals surface area contributed by atoms with Gasteiger partial charge in [0, 0.05) is 11.4 Å². The highest BCUT2D eigenvalue weighted by molar-refractivity contribution is 7.16. The van der Waals surface area contributed by atoms with Gasteiger partial charge in [0.05, 0.1) is 18.7 Å². The van der Waals surface area contributed by atoms with Gasteiger partial charge in [0.2, 0.25) is 0 Å². The number of benzene rings is 1. The lowest BCUT2D eigenvalue weighted by Gasteiger charge is -2.28. The van der Waals surface area contributed by atoms with Crippen LogP contribution >= 0.6 is 11.3 Å². The lowest BCUT2D eigenvalue weighted by molar-refractivity contribution is 0.0940. The standard InChI is InChI=1S/C21H23N3O3S/c1-3-27-21(26)24-10-9-15-16(12-24)28-20-17(15)19(25)22-18(23-20)13(2)11-14-7-5-4-6-8-14/h4-8,11,18,23H,3,9-10,12H2,1-2H3,(H,22,25)/b13-11+/t18-/m1/s1. The molecule has 4 rings (SSSR count). The van der Waals surface area contributed by atoms with Gasteiger partial charge >= 0.3 is 6.09 Å². The van der Waals surface area contributed by atoms with Crippen LogP contribution in [0.3, 0.4) is 0 Å². The molecular weight excluding hydrogens is 374 g/mol. The fourth-order valence-corrected chi connectivity index (χ4v) is 4.90. The first kappa shape index (κ1) is 18.6. The molecule has 1 aromatic carbocycles. The number of nitrogens with zero attached hydrogens (tertiary/aromatic N) is 1. The molecule has 0 aliphatic carbocycles. The van der Waals surface area contributed by atoms with Crippen molar-refractivity contribution in [1.29, 1.82) is 0 Å². The van der Waals surface area contributed by atoms with Gasteiger partial charge in [-0.05, 0) is 37.0 Å². The maximum Gasteiger partial charge on any atom is 0.410 e. The molecule has 2 aliphatic rings. The summed E-state index contributed by atoms with van der Waals surface area (Å²) in [5, 5.41) is 7.40. The molecule has 0 saturated carbocycles. The van der Waals surface area contributed by atoms with Crippen LogP contribution in [-0.2, 0) is 17.7 Å². The van der Waals surface area contributed by atoms with Crippen LogP contribution in [0.2, 0.25) is 0 Å². The minimum atomic E-state index is -0.295. The fraction of sp³-hybridized carbons (Fsp3) is 0.333. The van der Waals surface area contributed by atoms with Gasteiger partial charge in [0.25, 0.3) is 5.91 Å². The van der Waals surface area contributed by atoms with Crippen LogP contribution in [0.15, 0.2) is 35.9 Å². The Hall–Kier alpha value is -2.80. The summed E-state index contributed by atoms with van der Waals surface area (Å²) in [5.74, 6) is -0.0540. The molecule has 2 aliphatic heterocycles. The lowest BCUT2D eigenvalue weighted by atomic mass is 10.0. The zero-order chi connectivity index (χ0) is 19.7. The van der Waals surface area contributed by atoms with Crippen molar-refractivity contribution in [2.75, 3.05) is 18.5 Å². The van der Waals surface area contributed by atoms with Crippen LogP contribution in [0, 0.1) is 0 Å². The normalized spacial score (nSPS) is 18.6. The lowest BCUT2D eigenvalue weighted by Crippen LogP contribution is -2.45. The quantitative estimate of drug-likeness (QED) is 0.825. The van der Waals surface area contributed by atoms with Crippen LogP contribution in [0.25, 0.3) is 6.08 Å². The molecule has 0 radical (unpaired) electrons. The third-order valence-electron chi connectivity index (χ3n) is 5.01. The number of fused-ring (bicyclic) bond motifs is 3. The van der Waals surface area contributed by atoms with E-state index in [1.54, 1.807) is 23.2 Å². The number of anilines is 1. The highest BCUT2D eigenvalue weighted by Crippen LogP contribution is 2.39. The van der Waals surface area contributed by atoms with Crippen LogP contribution in [0.1, 0.15) is 40.2 Å². The summed E-state index contributed by atoms with van der Waals surface area (Å²) in [4.78, 5) is 27.6. The molecule has 28 heavy (non-hydrogen) atoms. The number of amides is 2. The Morgan fingerprint density at radius 3 is 2.86 bits per heavy atom. The van der Waals surface area contributed by atoms with Gasteiger partial charge in [-0.25, -0.2) is 4.79 Å². The van der Waals surface area contributed by atoms with Gasteiger partial charge in [0.15, 0.2) is 0 Å². The number of rotatable bonds is 3. The van der Waals surface area contributed by atoms with E-state index in [1.165, 1.54) is 0 Å². The first-order valence-electron chi connectivity index (χ1n) is 9.43. The third-order valence-corrected chi connectivity index (χ3v) is 6.16. The second-order valence-corrected chi connectivity index (χ2v) is 8.03. The molecule has 0 unspecified atom stereocenters. The van der Waals surface area contributed by atoms with Gasteiger partial charge in [-0.1, -0.05) is 36.4 Å². The third kappa shape index (κ3) is 3.49. The number of ether oxygens (including phenoxy) is 1. The molecule has 2 aromatic rings. The van der Waals surface area contributed by atoms with Crippen molar-refractivity contribution >= 4 is 34.4 Å². The Labute approximate surface area is 168 Å². The van der Waals surface area contributed by atoms with Crippen molar-refractivity contribution < 1.29 is 14.3 Å². The highest BCUT2D eigenvalue weighted by atomic mass is 32.1. The smallest absolute Gasteiger partial charge is 0.410 e. The summed E-state index contributed by atoms with van der Waals surface area (Å²) in [6.45, 7) is 5.23. The summed E-state index contributed by atoms with van der Waals surface area (Å²) in [7, 11) is 0. The van der Waals surface area contributed by atoms with Crippen molar-refractivity contribution in [1.82, 2.24) is 10.2 Å². The average Bonchev–Trinajstić information content (AvgIpc) is 3.07. The predicted octanol–water partition coefficient (Wildman–Crippen LogP) is 3.85. The van der Waals surface area contributed by atoms with Crippen molar-refractivity contribution in [3.63, 3.8) is 0 Å². The molecule has 1 atom stereocenters. The predicted molar refractivity (Wildman–Crippen MR) is 110 cm³/mol. The SMILES string of the molecule is CCOC(=O)N1CCc2c(sc3c2C(=O)N[C@@H](/C(C)=C/c2ccccc2)N3)C1. The van der Waals surface area contributed by atoms with Crippen LogP contribution in [0.4, 0.5) is 9.80 Å². The largest absolute Gasteiger partial charge is 0.450 e. The van der Waals surface area contributed by atoms with Crippen LogP contribution < -0.4 is 10.6 Å². The van der Waals surface area contributed by atoms with Crippen molar-refractivity contribution in [3.05, 3.63) is 57.5 Å². The minimum Gasteiger partial charge on any atom is -0.450 e. The topological polar surface area (TPSA) is 70.7 Å². The maximum absolute atomic E-state index is 12.8. The van der Waals surface area contributed by atoms with E-state index in [0.717, 1.165) is 32.1 Å². The zero-order valence-corrected chi connectivity index (χ0v) is 16.8.